The van der Waals surface area contributed by atoms with Gasteiger partial charge in [-0.3, -0.25) is 4.79 Å². The van der Waals surface area contributed by atoms with E-state index in [-0.39, 0.29) is 11.4 Å². The maximum Gasteiger partial charge on any atom is 0.270 e. The monoisotopic (exact) mass is 233 g/mol. The van der Waals surface area contributed by atoms with E-state index in [0.717, 1.165) is 24.9 Å². The van der Waals surface area contributed by atoms with E-state index in [2.05, 4.69) is 22.5 Å². The highest BCUT2D eigenvalue weighted by molar-refractivity contribution is 5.93. The predicted octanol–water partition coefficient (Wildman–Crippen LogP) is 2.19. The lowest BCUT2D eigenvalue weighted by molar-refractivity contribution is 0.0815. The van der Waals surface area contributed by atoms with Crippen LogP contribution in [-0.2, 0) is 0 Å². The molecule has 0 radical (unpaired) electrons. The van der Waals surface area contributed by atoms with Crippen LogP contribution >= 0.6 is 0 Å². The molecule has 0 spiro atoms. The Morgan fingerprint density at radius 3 is 2.65 bits per heavy atom. The molecule has 4 heteroatoms. The summed E-state index contributed by atoms with van der Waals surface area (Å²) in [7, 11) is 1.83. The maximum absolute atomic E-state index is 12.0. The minimum Gasteiger partial charge on any atom is -0.387 e. The van der Waals surface area contributed by atoms with Crippen LogP contribution in [0.25, 0.3) is 0 Å². The van der Waals surface area contributed by atoms with Crippen LogP contribution in [0.5, 0.6) is 0 Å². The van der Waals surface area contributed by atoms with Crippen molar-refractivity contribution in [3.63, 3.8) is 0 Å². The molecule has 1 fully saturated rings. The molecule has 0 atom stereocenters. The molecule has 1 aliphatic rings. The molecule has 1 aromatic rings. The molecular formula is C13H19N3O. The summed E-state index contributed by atoms with van der Waals surface area (Å²) in [4.78, 5) is 16.2. The number of carbonyl (C=O) groups excluding carboxylic acids is 1. The summed E-state index contributed by atoms with van der Waals surface area (Å²) in [6, 6.07) is 3.62. The summed E-state index contributed by atoms with van der Waals surface area (Å²) in [6.07, 6.45) is 6.05. The van der Waals surface area contributed by atoms with Gasteiger partial charge in [0.05, 0.1) is 11.9 Å². The molecule has 1 amide bonds. The molecule has 92 valence electrons. The van der Waals surface area contributed by atoms with E-state index in [1.54, 1.807) is 12.3 Å². The first-order valence-corrected chi connectivity index (χ1v) is 6.15. The summed E-state index contributed by atoms with van der Waals surface area (Å²) in [5, 5.41) is 6.09. The molecule has 1 saturated carbocycles. The average molecular weight is 233 g/mol. The number of carbonyl (C=O) groups is 1. The Morgan fingerprint density at radius 1 is 1.47 bits per heavy atom. The van der Waals surface area contributed by atoms with Crippen LogP contribution in [0.15, 0.2) is 18.3 Å². The van der Waals surface area contributed by atoms with Crippen molar-refractivity contribution in [1.82, 2.24) is 10.3 Å². The van der Waals surface area contributed by atoms with E-state index < -0.39 is 0 Å². The number of amides is 1. The minimum atomic E-state index is -0.0609. The van der Waals surface area contributed by atoms with Crippen LogP contribution in [0.3, 0.4) is 0 Å². The first-order chi connectivity index (χ1) is 8.19. The number of pyridine rings is 1. The topological polar surface area (TPSA) is 54.0 Å². The Labute approximate surface area is 102 Å². The van der Waals surface area contributed by atoms with Crippen LogP contribution in [-0.4, -0.2) is 23.5 Å². The number of anilines is 1. The smallest absolute Gasteiger partial charge is 0.270 e. The number of hydrogen-bond acceptors (Lipinski definition) is 3. The fraction of sp³-hybridized carbons (Fsp3) is 0.538. The van der Waals surface area contributed by atoms with Crippen molar-refractivity contribution < 1.29 is 4.79 Å². The van der Waals surface area contributed by atoms with Gasteiger partial charge in [-0.15, -0.1) is 0 Å². The van der Waals surface area contributed by atoms with Gasteiger partial charge in [-0.25, -0.2) is 4.98 Å². The zero-order chi connectivity index (χ0) is 12.3. The van der Waals surface area contributed by atoms with Gasteiger partial charge in [-0.1, -0.05) is 6.92 Å². The van der Waals surface area contributed by atoms with Gasteiger partial charge in [0.1, 0.15) is 5.69 Å². The molecule has 0 unspecified atom stereocenters. The van der Waals surface area contributed by atoms with E-state index >= 15 is 0 Å². The van der Waals surface area contributed by atoms with Gasteiger partial charge in [-0.05, 0) is 37.8 Å². The quantitative estimate of drug-likeness (QED) is 0.838. The highest BCUT2D eigenvalue weighted by Crippen LogP contribution is 2.34. The van der Waals surface area contributed by atoms with Gasteiger partial charge in [0, 0.05) is 12.6 Å². The van der Waals surface area contributed by atoms with Gasteiger partial charge in [0.2, 0.25) is 0 Å². The lowest BCUT2D eigenvalue weighted by Gasteiger charge is -2.41. The lowest BCUT2D eigenvalue weighted by atomic mass is 9.75. The van der Waals surface area contributed by atoms with E-state index in [4.69, 9.17) is 0 Å². The SMILES string of the molecule is CCC1(NC(=O)c2ccc(NC)cn2)CCC1. The van der Waals surface area contributed by atoms with Gasteiger partial charge < -0.3 is 10.6 Å². The second-order valence-corrected chi connectivity index (χ2v) is 4.62. The predicted molar refractivity (Wildman–Crippen MR) is 68.1 cm³/mol. The number of nitrogens with one attached hydrogen (secondary N) is 2. The Kier molecular flexibility index (Phi) is 3.31. The third kappa shape index (κ3) is 2.40. The van der Waals surface area contributed by atoms with Crippen molar-refractivity contribution in [3.05, 3.63) is 24.0 Å². The molecular weight excluding hydrogens is 214 g/mol. The number of hydrogen-bond donors (Lipinski definition) is 2. The lowest BCUT2D eigenvalue weighted by Crippen LogP contribution is -2.53. The van der Waals surface area contributed by atoms with Crippen molar-refractivity contribution in [3.8, 4) is 0 Å². The summed E-state index contributed by atoms with van der Waals surface area (Å²) >= 11 is 0. The first kappa shape index (κ1) is 11.9. The third-order valence-corrected chi connectivity index (χ3v) is 3.65. The fourth-order valence-corrected chi connectivity index (χ4v) is 2.15. The molecule has 0 bridgehead atoms. The summed E-state index contributed by atoms with van der Waals surface area (Å²) in [6.45, 7) is 2.12. The molecule has 0 saturated heterocycles. The summed E-state index contributed by atoms with van der Waals surface area (Å²) < 4.78 is 0. The van der Waals surface area contributed by atoms with Gasteiger partial charge >= 0.3 is 0 Å². The zero-order valence-electron chi connectivity index (χ0n) is 10.4. The van der Waals surface area contributed by atoms with Crippen molar-refractivity contribution >= 4 is 11.6 Å². The fourth-order valence-electron chi connectivity index (χ4n) is 2.15. The van der Waals surface area contributed by atoms with E-state index in [0.29, 0.717) is 5.69 Å². The first-order valence-electron chi connectivity index (χ1n) is 6.15. The third-order valence-electron chi connectivity index (χ3n) is 3.65. The van der Waals surface area contributed by atoms with Crippen molar-refractivity contribution in [2.75, 3.05) is 12.4 Å². The molecule has 0 aliphatic heterocycles. The van der Waals surface area contributed by atoms with Crippen LogP contribution in [0.1, 0.15) is 43.1 Å². The highest BCUT2D eigenvalue weighted by atomic mass is 16.2. The van der Waals surface area contributed by atoms with Crippen LogP contribution in [0.2, 0.25) is 0 Å². The Hall–Kier alpha value is -1.58. The van der Waals surface area contributed by atoms with Crippen LogP contribution in [0.4, 0.5) is 5.69 Å². The van der Waals surface area contributed by atoms with Gasteiger partial charge in [0.15, 0.2) is 0 Å². The molecule has 2 N–H and O–H groups in total. The minimum absolute atomic E-state index is 0.0282. The Bertz CT molecular complexity index is 390. The molecule has 1 aromatic heterocycles. The highest BCUT2D eigenvalue weighted by Gasteiger charge is 2.36. The average Bonchev–Trinajstić information content (AvgIpc) is 2.33. The molecule has 0 aromatic carbocycles. The maximum atomic E-state index is 12.0. The van der Waals surface area contributed by atoms with Gasteiger partial charge in [0.25, 0.3) is 5.91 Å². The molecule has 1 heterocycles. The second kappa shape index (κ2) is 4.73. The van der Waals surface area contributed by atoms with Crippen LogP contribution < -0.4 is 10.6 Å². The summed E-state index contributed by atoms with van der Waals surface area (Å²) in [5.41, 5.74) is 1.43. The summed E-state index contributed by atoms with van der Waals surface area (Å²) in [5.74, 6) is -0.0609. The number of nitrogens with zero attached hydrogens (tertiary/aromatic N) is 1. The molecule has 2 rings (SSSR count). The molecule has 4 nitrogen and oxygen atoms in total. The number of aromatic nitrogens is 1. The van der Waals surface area contributed by atoms with Gasteiger partial charge in [-0.2, -0.15) is 0 Å². The Morgan fingerprint density at radius 2 is 2.24 bits per heavy atom. The van der Waals surface area contributed by atoms with Crippen molar-refractivity contribution in [1.29, 1.82) is 0 Å². The van der Waals surface area contributed by atoms with E-state index in [1.165, 1.54) is 6.42 Å². The normalized spacial score (nSPS) is 17.1. The van der Waals surface area contributed by atoms with E-state index in [9.17, 15) is 4.79 Å². The van der Waals surface area contributed by atoms with Crippen molar-refractivity contribution in [2.45, 2.75) is 38.1 Å². The second-order valence-electron chi connectivity index (χ2n) is 4.62. The van der Waals surface area contributed by atoms with Crippen LogP contribution in [0, 0.1) is 0 Å². The van der Waals surface area contributed by atoms with E-state index in [1.807, 2.05) is 13.1 Å². The standard InChI is InChI=1S/C13H19N3O/c1-3-13(7-4-8-13)16-12(17)11-6-5-10(14-2)9-15-11/h5-6,9,14H,3-4,7-8H2,1-2H3,(H,16,17). The zero-order valence-corrected chi connectivity index (χ0v) is 10.4. The molecule has 1 aliphatic carbocycles. The molecule has 17 heavy (non-hydrogen) atoms. The largest absolute Gasteiger partial charge is 0.387 e. The number of rotatable bonds is 4. The Balaban J connectivity index is 2.03. The van der Waals surface area contributed by atoms with Crippen molar-refractivity contribution in [2.24, 2.45) is 0 Å².